The molecule has 0 radical (unpaired) electrons. The van der Waals surface area contributed by atoms with Gasteiger partial charge in [-0.2, -0.15) is 0 Å². The molecule has 0 spiro atoms. The van der Waals surface area contributed by atoms with Gasteiger partial charge in [0.15, 0.2) is 0 Å². The van der Waals surface area contributed by atoms with Crippen molar-refractivity contribution in [3.05, 3.63) is 0 Å². The van der Waals surface area contributed by atoms with Crippen LogP contribution < -0.4 is 5.32 Å². The van der Waals surface area contributed by atoms with E-state index in [2.05, 4.69) is 5.32 Å². The van der Waals surface area contributed by atoms with E-state index in [9.17, 15) is 18.4 Å². The van der Waals surface area contributed by atoms with Crippen LogP contribution in [-0.2, 0) is 9.59 Å². The van der Waals surface area contributed by atoms with Gasteiger partial charge in [-0.15, -0.1) is 0 Å². The van der Waals surface area contributed by atoms with Crippen molar-refractivity contribution in [3.8, 4) is 0 Å². The van der Waals surface area contributed by atoms with E-state index in [1.807, 2.05) is 0 Å². The highest BCUT2D eigenvalue weighted by atomic mass is 19.3. The summed E-state index contributed by atoms with van der Waals surface area (Å²) >= 11 is 0. The second kappa shape index (κ2) is 5.90. The normalized spacial score (nSPS) is 25.9. The fourth-order valence-electron chi connectivity index (χ4n) is 1.99. The lowest BCUT2D eigenvalue weighted by Crippen LogP contribution is -2.41. The van der Waals surface area contributed by atoms with Gasteiger partial charge in [-0.1, -0.05) is 6.42 Å². The molecule has 1 rings (SSSR count). The first-order valence-corrected chi connectivity index (χ1v) is 5.40. The summed E-state index contributed by atoms with van der Waals surface area (Å²) in [5, 5.41) is 19.8. The molecule has 1 aliphatic carbocycles. The molecule has 17 heavy (non-hydrogen) atoms. The third-order valence-corrected chi connectivity index (χ3v) is 2.95. The summed E-state index contributed by atoms with van der Waals surface area (Å²) in [5.74, 6) is -3.05. The topological polar surface area (TPSA) is 86.6 Å². The number of aliphatic hydroxyl groups excluding tert-OH is 1. The molecule has 0 bridgehead atoms. The van der Waals surface area contributed by atoms with E-state index < -0.39 is 42.8 Å². The minimum Gasteiger partial charge on any atom is -0.481 e. The molecule has 7 heteroatoms. The number of carbonyl (C=O) groups is 2. The van der Waals surface area contributed by atoms with Crippen LogP contribution in [0.4, 0.5) is 8.78 Å². The summed E-state index contributed by atoms with van der Waals surface area (Å²) in [4.78, 5) is 22.4. The lowest BCUT2D eigenvalue weighted by Gasteiger charge is -2.17. The lowest BCUT2D eigenvalue weighted by molar-refractivity contribution is -0.146. The predicted molar refractivity (Wildman–Crippen MR) is 53.5 cm³/mol. The van der Waals surface area contributed by atoms with Gasteiger partial charge in [-0.05, 0) is 12.8 Å². The van der Waals surface area contributed by atoms with Crippen molar-refractivity contribution in [1.29, 1.82) is 0 Å². The van der Waals surface area contributed by atoms with Crippen LogP contribution in [0.2, 0.25) is 0 Å². The number of hydrogen-bond donors (Lipinski definition) is 3. The Morgan fingerprint density at radius 1 is 1.29 bits per heavy atom. The zero-order chi connectivity index (χ0) is 13.0. The van der Waals surface area contributed by atoms with E-state index in [4.69, 9.17) is 10.2 Å². The quantitative estimate of drug-likeness (QED) is 0.652. The lowest BCUT2D eigenvalue weighted by atomic mass is 9.95. The monoisotopic (exact) mass is 251 g/mol. The summed E-state index contributed by atoms with van der Waals surface area (Å²) in [6, 6.07) is 0. The SMILES string of the molecule is O=C(O)[C@H]1CCC[C@H]1C(=O)NCC(O)C(F)F. The van der Waals surface area contributed by atoms with Gasteiger partial charge in [-0.25, -0.2) is 8.78 Å². The second-order valence-corrected chi connectivity index (χ2v) is 4.13. The van der Waals surface area contributed by atoms with Gasteiger partial charge in [0.2, 0.25) is 5.91 Å². The van der Waals surface area contributed by atoms with Gasteiger partial charge in [0.1, 0.15) is 6.10 Å². The van der Waals surface area contributed by atoms with Crippen LogP contribution in [0.1, 0.15) is 19.3 Å². The van der Waals surface area contributed by atoms with Crippen LogP contribution in [0.15, 0.2) is 0 Å². The molecule has 5 nitrogen and oxygen atoms in total. The number of nitrogens with one attached hydrogen (secondary N) is 1. The van der Waals surface area contributed by atoms with Crippen molar-refractivity contribution in [1.82, 2.24) is 5.32 Å². The number of alkyl halides is 2. The average molecular weight is 251 g/mol. The van der Waals surface area contributed by atoms with E-state index in [0.717, 1.165) is 0 Å². The number of amides is 1. The number of carboxylic acids is 1. The first-order valence-electron chi connectivity index (χ1n) is 5.40. The van der Waals surface area contributed by atoms with Gasteiger partial charge in [0.25, 0.3) is 6.43 Å². The summed E-state index contributed by atoms with van der Waals surface area (Å²) < 4.78 is 23.9. The van der Waals surface area contributed by atoms with E-state index in [1.54, 1.807) is 0 Å². The summed E-state index contributed by atoms with van der Waals surface area (Å²) in [6.45, 7) is -0.556. The molecule has 3 atom stereocenters. The fourth-order valence-corrected chi connectivity index (χ4v) is 1.99. The Hall–Kier alpha value is -1.24. The van der Waals surface area contributed by atoms with E-state index in [1.165, 1.54) is 0 Å². The van der Waals surface area contributed by atoms with Gasteiger partial charge < -0.3 is 15.5 Å². The molecule has 3 N–H and O–H groups in total. The summed E-state index contributed by atoms with van der Waals surface area (Å²) in [7, 11) is 0. The molecular weight excluding hydrogens is 236 g/mol. The standard InChI is InChI=1S/C10H15F2NO4/c11-8(12)7(14)4-13-9(15)5-2-1-3-6(5)10(16)17/h5-8,14H,1-4H2,(H,13,15)(H,16,17)/t5-,6+,7?/m1/s1. The summed E-state index contributed by atoms with van der Waals surface area (Å²) in [6.07, 6.45) is -3.34. The van der Waals surface area contributed by atoms with Crippen LogP contribution in [0, 0.1) is 11.8 Å². The Morgan fingerprint density at radius 2 is 1.88 bits per heavy atom. The third kappa shape index (κ3) is 3.62. The van der Waals surface area contributed by atoms with Crippen molar-refractivity contribution in [2.45, 2.75) is 31.8 Å². The molecule has 0 aliphatic heterocycles. The van der Waals surface area contributed by atoms with Crippen molar-refractivity contribution in [3.63, 3.8) is 0 Å². The van der Waals surface area contributed by atoms with Crippen molar-refractivity contribution < 1.29 is 28.6 Å². The number of carbonyl (C=O) groups excluding carboxylic acids is 1. The zero-order valence-electron chi connectivity index (χ0n) is 9.10. The Bertz CT molecular complexity index is 298. The Labute approximate surface area is 96.8 Å². The van der Waals surface area contributed by atoms with Crippen LogP contribution in [0.25, 0.3) is 0 Å². The second-order valence-electron chi connectivity index (χ2n) is 4.13. The number of carboxylic acid groups (broad SMARTS) is 1. The maximum Gasteiger partial charge on any atom is 0.307 e. The fraction of sp³-hybridized carbons (Fsp3) is 0.800. The molecule has 1 fully saturated rings. The number of hydrogen-bond acceptors (Lipinski definition) is 3. The molecule has 98 valence electrons. The van der Waals surface area contributed by atoms with Gasteiger partial charge >= 0.3 is 5.97 Å². The van der Waals surface area contributed by atoms with Gasteiger partial charge in [-0.3, -0.25) is 9.59 Å². The van der Waals surface area contributed by atoms with Crippen molar-refractivity contribution in [2.24, 2.45) is 11.8 Å². The number of aliphatic carboxylic acids is 1. The molecule has 0 aromatic carbocycles. The number of aliphatic hydroxyl groups is 1. The highest BCUT2D eigenvalue weighted by molar-refractivity contribution is 5.85. The smallest absolute Gasteiger partial charge is 0.307 e. The molecule has 1 aliphatic rings. The number of rotatable bonds is 5. The van der Waals surface area contributed by atoms with Crippen molar-refractivity contribution in [2.75, 3.05) is 6.54 Å². The highest BCUT2D eigenvalue weighted by Gasteiger charge is 2.37. The minimum atomic E-state index is -2.92. The largest absolute Gasteiger partial charge is 0.481 e. The van der Waals surface area contributed by atoms with E-state index >= 15 is 0 Å². The maximum absolute atomic E-state index is 12.0. The molecule has 0 aromatic rings. The van der Waals surface area contributed by atoms with Crippen LogP contribution in [0.3, 0.4) is 0 Å². The first-order chi connectivity index (χ1) is 7.93. The molecule has 1 amide bonds. The molecular formula is C10H15F2NO4. The Kier molecular flexibility index (Phi) is 4.80. The highest BCUT2D eigenvalue weighted by Crippen LogP contribution is 2.31. The average Bonchev–Trinajstić information content (AvgIpc) is 2.73. The molecule has 0 heterocycles. The minimum absolute atomic E-state index is 0.421. The van der Waals surface area contributed by atoms with Gasteiger partial charge in [0.05, 0.1) is 11.8 Å². The first kappa shape index (κ1) is 13.8. The predicted octanol–water partition coefficient (Wildman–Crippen LogP) is 0.229. The van der Waals surface area contributed by atoms with Crippen molar-refractivity contribution >= 4 is 11.9 Å². The molecule has 1 unspecified atom stereocenters. The zero-order valence-corrected chi connectivity index (χ0v) is 9.10. The molecule has 0 aromatic heterocycles. The van der Waals surface area contributed by atoms with Crippen LogP contribution >= 0.6 is 0 Å². The Morgan fingerprint density at radius 3 is 2.41 bits per heavy atom. The number of halogens is 2. The van der Waals surface area contributed by atoms with Crippen LogP contribution in [-0.4, -0.2) is 41.2 Å². The van der Waals surface area contributed by atoms with E-state index in [0.29, 0.717) is 19.3 Å². The van der Waals surface area contributed by atoms with Gasteiger partial charge in [0, 0.05) is 6.54 Å². The van der Waals surface area contributed by atoms with Crippen LogP contribution in [0.5, 0.6) is 0 Å². The maximum atomic E-state index is 12.0. The molecule has 0 saturated heterocycles. The summed E-state index contributed by atoms with van der Waals surface area (Å²) in [5.41, 5.74) is 0. The molecule has 1 saturated carbocycles. The van der Waals surface area contributed by atoms with E-state index in [-0.39, 0.29) is 0 Å². The Balaban J connectivity index is 2.44. The third-order valence-electron chi connectivity index (χ3n) is 2.95.